The molecule has 1 N–H and O–H groups in total. The monoisotopic (exact) mass is 222 g/mol. The van der Waals surface area contributed by atoms with Crippen LogP contribution in [0.15, 0.2) is 0 Å². The molecule has 0 saturated heterocycles. The van der Waals surface area contributed by atoms with Gasteiger partial charge in [0, 0.05) is 7.11 Å². The fourth-order valence-corrected chi connectivity index (χ4v) is 0.978. The molecular formula is C10H22O5. The van der Waals surface area contributed by atoms with Crippen LogP contribution in [0, 0.1) is 0 Å². The highest BCUT2D eigenvalue weighted by atomic mass is 16.6. The van der Waals surface area contributed by atoms with E-state index >= 15 is 0 Å². The van der Waals surface area contributed by atoms with Gasteiger partial charge in [-0.2, -0.15) is 0 Å². The zero-order chi connectivity index (χ0) is 11.4. The van der Waals surface area contributed by atoms with E-state index in [1.165, 1.54) is 0 Å². The largest absolute Gasteiger partial charge is 0.394 e. The molecule has 0 spiro atoms. The molecule has 0 aliphatic heterocycles. The molecule has 0 aliphatic carbocycles. The van der Waals surface area contributed by atoms with E-state index < -0.39 is 0 Å². The summed E-state index contributed by atoms with van der Waals surface area (Å²) >= 11 is 0. The average Bonchev–Trinajstić information content (AvgIpc) is 2.22. The van der Waals surface area contributed by atoms with Crippen LogP contribution >= 0.6 is 0 Å². The lowest BCUT2D eigenvalue weighted by atomic mass is 10.4. The average molecular weight is 222 g/mol. The van der Waals surface area contributed by atoms with Crippen molar-refractivity contribution in [3.05, 3.63) is 0 Å². The molecule has 0 aromatic heterocycles. The van der Waals surface area contributed by atoms with E-state index in [-0.39, 0.29) is 12.7 Å². The van der Waals surface area contributed by atoms with Crippen LogP contribution in [0.25, 0.3) is 0 Å². The van der Waals surface area contributed by atoms with Crippen molar-refractivity contribution < 1.29 is 24.1 Å². The first-order valence-electron chi connectivity index (χ1n) is 5.18. The summed E-state index contributed by atoms with van der Waals surface area (Å²) in [5.41, 5.74) is 0. The third-order valence-corrected chi connectivity index (χ3v) is 1.64. The molecule has 0 aromatic rings. The fourth-order valence-electron chi connectivity index (χ4n) is 0.978. The summed E-state index contributed by atoms with van der Waals surface area (Å²) < 4.78 is 20.5. The number of methoxy groups -OCH3 is 1. The zero-order valence-electron chi connectivity index (χ0n) is 9.61. The maximum absolute atomic E-state index is 8.42. The van der Waals surface area contributed by atoms with E-state index in [4.69, 9.17) is 24.1 Å². The lowest BCUT2D eigenvalue weighted by molar-refractivity contribution is -0.0302. The van der Waals surface area contributed by atoms with Gasteiger partial charge in [0.15, 0.2) is 0 Å². The molecule has 0 amide bonds. The van der Waals surface area contributed by atoms with Crippen molar-refractivity contribution in [3.8, 4) is 0 Å². The summed E-state index contributed by atoms with van der Waals surface area (Å²) in [6.07, 6.45) is 0.101. The van der Waals surface area contributed by atoms with Crippen LogP contribution in [0.5, 0.6) is 0 Å². The Hall–Kier alpha value is -0.200. The van der Waals surface area contributed by atoms with Crippen molar-refractivity contribution in [2.75, 3.05) is 53.4 Å². The van der Waals surface area contributed by atoms with Crippen molar-refractivity contribution in [2.24, 2.45) is 0 Å². The van der Waals surface area contributed by atoms with Crippen molar-refractivity contribution in [1.82, 2.24) is 0 Å². The molecule has 0 heterocycles. The number of ether oxygens (including phenoxy) is 4. The highest BCUT2D eigenvalue weighted by Crippen LogP contribution is 1.90. The molecular weight excluding hydrogens is 200 g/mol. The summed E-state index contributed by atoms with van der Waals surface area (Å²) in [4.78, 5) is 0. The molecule has 5 nitrogen and oxygen atoms in total. The summed E-state index contributed by atoms with van der Waals surface area (Å²) in [6.45, 7) is 5.12. The highest BCUT2D eigenvalue weighted by molar-refractivity contribution is 4.45. The van der Waals surface area contributed by atoms with E-state index in [2.05, 4.69) is 0 Å². The SMILES string of the molecule is COCC(C)OCCOCCOCCO. The van der Waals surface area contributed by atoms with E-state index in [1.54, 1.807) is 7.11 Å². The normalized spacial score (nSPS) is 13.0. The number of hydrogen-bond donors (Lipinski definition) is 1. The Labute approximate surface area is 91.3 Å². The van der Waals surface area contributed by atoms with Crippen LogP contribution in [0.3, 0.4) is 0 Å². The maximum atomic E-state index is 8.42. The van der Waals surface area contributed by atoms with Gasteiger partial charge in [-0.1, -0.05) is 0 Å². The first-order chi connectivity index (χ1) is 7.31. The van der Waals surface area contributed by atoms with Gasteiger partial charge in [-0.25, -0.2) is 0 Å². The highest BCUT2D eigenvalue weighted by Gasteiger charge is 1.99. The standard InChI is InChI=1S/C10H22O5/c1-10(9-12-2)15-8-7-14-6-5-13-4-3-11/h10-11H,3-9H2,1-2H3. The molecule has 5 heteroatoms. The molecule has 0 aliphatic rings. The van der Waals surface area contributed by atoms with Crippen LogP contribution in [-0.4, -0.2) is 64.6 Å². The van der Waals surface area contributed by atoms with E-state index in [9.17, 15) is 0 Å². The zero-order valence-corrected chi connectivity index (χ0v) is 9.61. The molecule has 0 radical (unpaired) electrons. The van der Waals surface area contributed by atoms with E-state index in [0.717, 1.165) is 0 Å². The smallest absolute Gasteiger partial charge is 0.0781 e. The molecule has 0 aromatic carbocycles. The number of rotatable bonds is 11. The first kappa shape index (κ1) is 14.8. The van der Waals surface area contributed by atoms with Crippen molar-refractivity contribution in [1.29, 1.82) is 0 Å². The number of aliphatic hydroxyl groups is 1. The minimum atomic E-state index is 0.0532. The van der Waals surface area contributed by atoms with Gasteiger partial charge in [-0.15, -0.1) is 0 Å². The van der Waals surface area contributed by atoms with Crippen LogP contribution in [0.2, 0.25) is 0 Å². The van der Waals surface area contributed by atoms with Crippen LogP contribution in [0.4, 0.5) is 0 Å². The molecule has 0 rings (SSSR count). The van der Waals surface area contributed by atoms with Crippen LogP contribution < -0.4 is 0 Å². The number of hydrogen-bond acceptors (Lipinski definition) is 5. The van der Waals surface area contributed by atoms with Gasteiger partial charge in [0.25, 0.3) is 0 Å². The maximum Gasteiger partial charge on any atom is 0.0781 e. The summed E-state index contributed by atoms with van der Waals surface area (Å²) in [7, 11) is 1.65. The lowest BCUT2D eigenvalue weighted by Gasteiger charge is -2.11. The van der Waals surface area contributed by atoms with Crippen LogP contribution in [0.1, 0.15) is 6.92 Å². The van der Waals surface area contributed by atoms with Crippen molar-refractivity contribution >= 4 is 0 Å². The minimum Gasteiger partial charge on any atom is -0.394 e. The molecule has 0 saturated carbocycles. The summed E-state index contributed by atoms with van der Waals surface area (Å²) in [5, 5.41) is 8.42. The van der Waals surface area contributed by atoms with Gasteiger partial charge in [-0.05, 0) is 6.92 Å². The topological polar surface area (TPSA) is 57.2 Å². The van der Waals surface area contributed by atoms with E-state index in [0.29, 0.717) is 39.6 Å². The third kappa shape index (κ3) is 11.7. The minimum absolute atomic E-state index is 0.0532. The van der Waals surface area contributed by atoms with Gasteiger partial charge >= 0.3 is 0 Å². The van der Waals surface area contributed by atoms with Gasteiger partial charge in [0.2, 0.25) is 0 Å². The Bertz CT molecular complexity index is 120. The van der Waals surface area contributed by atoms with Gasteiger partial charge in [-0.3, -0.25) is 0 Å². The Morgan fingerprint density at radius 3 is 2.20 bits per heavy atom. The van der Waals surface area contributed by atoms with E-state index in [1.807, 2.05) is 6.92 Å². The second kappa shape index (κ2) is 11.9. The van der Waals surface area contributed by atoms with Crippen LogP contribution in [-0.2, 0) is 18.9 Å². The second-order valence-electron chi connectivity index (χ2n) is 3.09. The predicted molar refractivity (Wildman–Crippen MR) is 56.0 cm³/mol. The Morgan fingerprint density at radius 2 is 1.60 bits per heavy atom. The summed E-state index contributed by atoms with van der Waals surface area (Å²) in [6, 6.07) is 0. The third-order valence-electron chi connectivity index (χ3n) is 1.64. The lowest BCUT2D eigenvalue weighted by Crippen LogP contribution is -2.18. The second-order valence-corrected chi connectivity index (χ2v) is 3.09. The molecule has 1 atom stereocenters. The number of aliphatic hydroxyl groups excluding tert-OH is 1. The first-order valence-corrected chi connectivity index (χ1v) is 5.18. The molecule has 92 valence electrons. The molecule has 0 fully saturated rings. The van der Waals surface area contributed by atoms with Gasteiger partial charge < -0.3 is 24.1 Å². The Kier molecular flexibility index (Phi) is 11.7. The van der Waals surface area contributed by atoms with Gasteiger partial charge in [0.1, 0.15) is 0 Å². The Morgan fingerprint density at radius 1 is 1.00 bits per heavy atom. The molecule has 15 heavy (non-hydrogen) atoms. The molecule has 0 bridgehead atoms. The molecule has 1 unspecified atom stereocenters. The van der Waals surface area contributed by atoms with Gasteiger partial charge in [0.05, 0.1) is 52.4 Å². The predicted octanol–water partition coefficient (Wildman–Crippen LogP) is 0.0634. The van der Waals surface area contributed by atoms with Crippen molar-refractivity contribution in [3.63, 3.8) is 0 Å². The quantitative estimate of drug-likeness (QED) is 0.501. The Balaban J connectivity index is 2.98. The van der Waals surface area contributed by atoms with Crippen molar-refractivity contribution in [2.45, 2.75) is 13.0 Å². The summed E-state index contributed by atoms with van der Waals surface area (Å²) in [5.74, 6) is 0. The fraction of sp³-hybridized carbons (Fsp3) is 1.00.